The molecule has 0 radical (unpaired) electrons. The topological polar surface area (TPSA) is 119 Å². The van der Waals surface area contributed by atoms with E-state index in [1.165, 1.54) is 81.0 Å². The van der Waals surface area contributed by atoms with E-state index in [-0.39, 0.29) is 46.1 Å². The Morgan fingerprint density at radius 2 is 1.34 bits per heavy atom. The first-order chi connectivity index (χ1) is 21.1. The molecule has 224 valence electrons. The van der Waals surface area contributed by atoms with Crippen LogP contribution in [0.3, 0.4) is 0 Å². The lowest BCUT2D eigenvalue weighted by Crippen LogP contribution is -2.09. The van der Waals surface area contributed by atoms with Gasteiger partial charge in [-0.1, -0.05) is 30.4 Å². The number of hydrogen-bond donors (Lipinski definition) is 2. The molecule has 10 heteroatoms. The molecule has 0 aromatic heterocycles. The normalized spacial score (nSPS) is 11.1. The molecular formula is C34H26F2O8. The smallest absolute Gasteiger partial charge is 0.347 e. The van der Waals surface area contributed by atoms with E-state index in [9.17, 15) is 33.4 Å². The molecule has 0 aliphatic heterocycles. The third-order valence-electron chi connectivity index (χ3n) is 6.33. The fraction of sp³-hybridized carbons (Fsp3) is 0.0882. The highest BCUT2D eigenvalue weighted by Gasteiger charge is 2.18. The Bertz CT molecular complexity index is 1790. The van der Waals surface area contributed by atoms with Crippen LogP contribution in [-0.2, 0) is 9.59 Å². The highest BCUT2D eigenvalue weighted by molar-refractivity contribution is 6.11. The van der Waals surface area contributed by atoms with Crippen LogP contribution in [0.5, 0.6) is 28.7 Å². The van der Waals surface area contributed by atoms with Crippen molar-refractivity contribution in [1.82, 2.24) is 0 Å². The average Bonchev–Trinajstić information content (AvgIpc) is 3.00. The van der Waals surface area contributed by atoms with Crippen LogP contribution in [-0.4, -0.2) is 42.0 Å². The summed E-state index contributed by atoms with van der Waals surface area (Å²) in [4.78, 5) is 37.3. The Hall–Kier alpha value is -5.77. The van der Waals surface area contributed by atoms with E-state index in [0.717, 1.165) is 6.07 Å². The van der Waals surface area contributed by atoms with Crippen molar-refractivity contribution in [2.24, 2.45) is 0 Å². The van der Waals surface area contributed by atoms with Gasteiger partial charge in [0.25, 0.3) is 0 Å². The van der Waals surface area contributed by atoms with E-state index in [1.807, 2.05) is 0 Å². The number of esters is 1. The summed E-state index contributed by atoms with van der Waals surface area (Å²) in [5.41, 5.74) is 1.20. The van der Waals surface area contributed by atoms with Gasteiger partial charge in [-0.2, -0.15) is 0 Å². The predicted octanol–water partition coefficient (Wildman–Crippen LogP) is 6.53. The second-order valence-corrected chi connectivity index (χ2v) is 9.36. The molecule has 0 unspecified atom stereocenters. The summed E-state index contributed by atoms with van der Waals surface area (Å²) in [5.74, 6) is -3.43. The van der Waals surface area contributed by atoms with E-state index >= 15 is 0 Å². The number of rotatable bonds is 11. The van der Waals surface area contributed by atoms with Gasteiger partial charge in [0.05, 0.1) is 20.6 Å². The summed E-state index contributed by atoms with van der Waals surface area (Å²) in [6.07, 6.45) is 5.10. The van der Waals surface area contributed by atoms with Crippen molar-refractivity contribution in [3.8, 4) is 39.9 Å². The number of phenols is 2. The number of halogens is 2. The number of ether oxygens (including phenoxy) is 3. The van der Waals surface area contributed by atoms with Gasteiger partial charge in [-0.15, -0.1) is 0 Å². The standard InChI is InChI=1S/C34H26F2O8/c1-42-32-15-20(5-13-29(32)39)3-9-24(37)19-25(38)10-4-21-6-14-31(33(16-21)43-2)44-34(41)27-11-7-22(17-30(27)40)26-12-8-23(35)18-28(26)36/h3-18,39-40H,19H2,1-2H3/b9-3+,10-4+. The maximum atomic E-state index is 14.1. The molecule has 4 rings (SSSR count). The number of allylic oxidation sites excluding steroid dienone is 2. The molecule has 0 aliphatic rings. The average molecular weight is 601 g/mol. The zero-order valence-electron chi connectivity index (χ0n) is 23.5. The molecule has 2 N–H and O–H groups in total. The fourth-order valence-corrected chi connectivity index (χ4v) is 4.09. The highest BCUT2D eigenvalue weighted by atomic mass is 19.1. The molecule has 4 aromatic carbocycles. The van der Waals surface area contributed by atoms with E-state index in [0.29, 0.717) is 17.2 Å². The Morgan fingerprint density at radius 1 is 0.705 bits per heavy atom. The van der Waals surface area contributed by atoms with Gasteiger partial charge in [-0.05, 0) is 77.4 Å². The van der Waals surface area contributed by atoms with Crippen molar-refractivity contribution in [3.63, 3.8) is 0 Å². The molecule has 44 heavy (non-hydrogen) atoms. The van der Waals surface area contributed by atoms with Crippen molar-refractivity contribution in [2.75, 3.05) is 14.2 Å². The molecule has 0 atom stereocenters. The number of ketones is 2. The van der Waals surface area contributed by atoms with Crippen molar-refractivity contribution in [1.29, 1.82) is 0 Å². The number of carbonyl (C=O) groups excluding carboxylic acids is 3. The Morgan fingerprint density at radius 3 is 1.95 bits per heavy atom. The number of methoxy groups -OCH3 is 2. The second-order valence-electron chi connectivity index (χ2n) is 9.36. The van der Waals surface area contributed by atoms with E-state index in [2.05, 4.69) is 0 Å². The lowest BCUT2D eigenvalue weighted by molar-refractivity contribution is -0.121. The van der Waals surface area contributed by atoms with Gasteiger partial charge < -0.3 is 24.4 Å². The van der Waals surface area contributed by atoms with Crippen LogP contribution in [0.15, 0.2) is 84.9 Å². The van der Waals surface area contributed by atoms with Crippen LogP contribution in [0.1, 0.15) is 27.9 Å². The quantitative estimate of drug-likeness (QED) is 0.0863. The number of carbonyl (C=O) groups is 3. The molecule has 4 aromatic rings. The van der Waals surface area contributed by atoms with Crippen molar-refractivity contribution in [2.45, 2.75) is 6.42 Å². The van der Waals surface area contributed by atoms with Gasteiger partial charge in [0.1, 0.15) is 22.9 Å². The van der Waals surface area contributed by atoms with Gasteiger partial charge in [0, 0.05) is 11.6 Å². The zero-order valence-corrected chi connectivity index (χ0v) is 23.5. The molecule has 0 aliphatic carbocycles. The molecule has 8 nitrogen and oxygen atoms in total. The summed E-state index contributed by atoms with van der Waals surface area (Å²) in [5, 5.41) is 20.1. The lowest BCUT2D eigenvalue weighted by Gasteiger charge is -2.11. The first kappa shape index (κ1) is 31.2. The maximum absolute atomic E-state index is 14.1. The molecule has 0 saturated carbocycles. The number of hydrogen-bond acceptors (Lipinski definition) is 8. The maximum Gasteiger partial charge on any atom is 0.347 e. The molecule has 0 spiro atoms. The number of benzene rings is 4. The minimum Gasteiger partial charge on any atom is -0.507 e. The SMILES string of the molecule is COc1cc(/C=C/C(=O)CC(=O)/C=C/c2ccc(OC(=O)c3ccc(-c4ccc(F)cc4F)cc3O)c(OC)c2)ccc1O. The number of phenolic OH excluding ortho intramolecular Hbond substituents is 2. The highest BCUT2D eigenvalue weighted by Crippen LogP contribution is 2.33. The molecule has 0 saturated heterocycles. The minimum atomic E-state index is -0.914. The summed E-state index contributed by atoms with van der Waals surface area (Å²) >= 11 is 0. The summed E-state index contributed by atoms with van der Waals surface area (Å²) < 4.78 is 43.1. The predicted molar refractivity (Wildman–Crippen MR) is 159 cm³/mol. The lowest BCUT2D eigenvalue weighted by atomic mass is 10.0. The van der Waals surface area contributed by atoms with Crippen molar-refractivity contribution < 1.29 is 47.6 Å². The van der Waals surface area contributed by atoms with E-state index < -0.39 is 34.9 Å². The first-order valence-electron chi connectivity index (χ1n) is 13.1. The van der Waals surface area contributed by atoms with E-state index in [4.69, 9.17) is 14.2 Å². The molecular weight excluding hydrogens is 574 g/mol. The summed E-state index contributed by atoms with van der Waals surface area (Å²) in [6, 6.07) is 15.9. The molecule has 0 amide bonds. The molecule has 0 heterocycles. The Balaban J connectivity index is 1.39. The van der Waals surface area contributed by atoms with Crippen LogP contribution in [0, 0.1) is 11.6 Å². The van der Waals surface area contributed by atoms with Crippen LogP contribution < -0.4 is 14.2 Å². The van der Waals surface area contributed by atoms with Gasteiger partial charge in [0.2, 0.25) is 0 Å². The minimum absolute atomic E-state index is 0.0280. The largest absolute Gasteiger partial charge is 0.507 e. The van der Waals surface area contributed by atoms with Crippen LogP contribution in [0.4, 0.5) is 8.78 Å². The third-order valence-corrected chi connectivity index (χ3v) is 6.33. The van der Waals surface area contributed by atoms with E-state index in [1.54, 1.807) is 18.2 Å². The molecule has 0 bridgehead atoms. The van der Waals surface area contributed by atoms with Crippen LogP contribution >= 0.6 is 0 Å². The van der Waals surface area contributed by atoms with Crippen molar-refractivity contribution in [3.05, 3.63) is 113 Å². The monoisotopic (exact) mass is 600 g/mol. The Kier molecular flexibility index (Phi) is 9.87. The Labute approximate surface area is 251 Å². The zero-order chi connectivity index (χ0) is 31.8. The third kappa shape index (κ3) is 7.74. The second kappa shape index (κ2) is 13.9. The summed E-state index contributed by atoms with van der Waals surface area (Å²) in [6.45, 7) is 0. The van der Waals surface area contributed by atoms with Gasteiger partial charge >= 0.3 is 5.97 Å². The van der Waals surface area contributed by atoms with Crippen LogP contribution in [0.25, 0.3) is 23.3 Å². The van der Waals surface area contributed by atoms with Crippen LogP contribution in [0.2, 0.25) is 0 Å². The van der Waals surface area contributed by atoms with Gasteiger partial charge in [0.15, 0.2) is 34.6 Å². The van der Waals surface area contributed by atoms with Crippen molar-refractivity contribution >= 4 is 29.7 Å². The molecule has 0 fully saturated rings. The first-order valence-corrected chi connectivity index (χ1v) is 13.1. The summed E-state index contributed by atoms with van der Waals surface area (Å²) in [7, 11) is 2.76. The van der Waals surface area contributed by atoms with Gasteiger partial charge in [-0.3, -0.25) is 9.59 Å². The van der Waals surface area contributed by atoms with Gasteiger partial charge in [-0.25, -0.2) is 13.6 Å². The fourth-order valence-electron chi connectivity index (χ4n) is 4.09. The number of aromatic hydroxyl groups is 2.